The molecule has 0 saturated heterocycles. The second-order valence-corrected chi connectivity index (χ2v) is 7.22. The number of hydrogen-bond donors (Lipinski definition) is 2. The van der Waals surface area contributed by atoms with Crippen molar-refractivity contribution in [2.45, 2.75) is 46.6 Å². The molecule has 0 aliphatic rings. The molecular formula is C11H26N2O2S. The zero-order valence-corrected chi connectivity index (χ0v) is 11.9. The Morgan fingerprint density at radius 2 is 1.75 bits per heavy atom. The van der Waals surface area contributed by atoms with Crippen molar-refractivity contribution in [3.8, 4) is 0 Å². The minimum Gasteiger partial charge on any atom is -0.329 e. The van der Waals surface area contributed by atoms with Gasteiger partial charge < -0.3 is 5.73 Å². The third kappa shape index (κ3) is 5.27. The maximum atomic E-state index is 11.8. The van der Waals surface area contributed by atoms with Crippen LogP contribution in [0.1, 0.15) is 41.0 Å². The fourth-order valence-corrected chi connectivity index (χ4v) is 3.11. The van der Waals surface area contributed by atoms with E-state index in [1.54, 1.807) is 0 Å². The monoisotopic (exact) mass is 250 g/mol. The van der Waals surface area contributed by atoms with E-state index in [-0.39, 0.29) is 11.7 Å². The Balaban J connectivity index is 4.56. The molecule has 0 amide bonds. The molecule has 3 N–H and O–H groups in total. The summed E-state index contributed by atoms with van der Waals surface area (Å²) in [7, 11) is -3.22. The standard InChI is InChI=1S/C11H26N2O2S/c1-9(2)6-7-16(14,15)13-11(5,8-12)10(3)4/h9-10,13H,6-8,12H2,1-5H3. The molecule has 0 spiro atoms. The van der Waals surface area contributed by atoms with Crippen LogP contribution < -0.4 is 10.5 Å². The van der Waals surface area contributed by atoms with Gasteiger partial charge in [0.1, 0.15) is 0 Å². The van der Waals surface area contributed by atoms with Crippen LogP contribution >= 0.6 is 0 Å². The van der Waals surface area contributed by atoms with Gasteiger partial charge in [0.25, 0.3) is 0 Å². The van der Waals surface area contributed by atoms with Crippen LogP contribution in [0.15, 0.2) is 0 Å². The van der Waals surface area contributed by atoms with E-state index in [2.05, 4.69) is 4.72 Å². The number of rotatable bonds is 7. The Bertz CT molecular complexity index is 299. The summed E-state index contributed by atoms with van der Waals surface area (Å²) in [6.45, 7) is 10.1. The van der Waals surface area contributed by atoms with E-state index in [4.69, 9.17) is 5.73 Å². The predicted molar refractivity (Wildman–Crippen MR) is 68.7 cm³/mol. The molecule has 0 aliphatic heterocycles. The first kappa shape index (κ1) is 15.9. The Kier molecular flexibility index (Phi) is 5.93. The highest BCUT2D eigenvalue weighted by atomic mass is 32.2. The molecular weight excluding hydrogens is 224 g/mol. The largest absolute Gasteiger partial charge is 0.329 e. The summed E-state index contributed by atoms with van der Waals surface area (Å²) in [5, 5.41) is 0. The smallest absolute Gasteiger partial charge is 0.212 e. The maximum Gasteiger partial charge on any atom is 0.212 e. The van der Waals surface area contributed by atoms with Crippen LogP contribution in [0, 0.1) is 11.8 Å². The molecule has 0 fully saturated rings. The summed E-state index contributed by atoms with van der Waals surface area (Å²) in [6.07, 6.45) is 0.675. The second kappa shape index (κ2) is 5.98. The predicted octanol–water partition coefficient (Wildman–Crippen LogP) is 1.33. The van der Waals surface area contributed by atoms with Gasteiger partial charge in [-0.3, -0.25) is 0 Å². The topological polar surface area (TPSA) is 72.2 Å². The summed E-state index contributed by atoms with van der Waals surface area (Å²) in [5.41, 5.74) is 5.10. The van der Waals surface area contributed by atoms with Crippen LogP contribution in [0.25, 0.3) is 0 Å². The van der Waals surface area contributed by atoms with Crippen molar-refractivity contribution in [3.05, 3.63) is 0 Å². The molecule has 0 radical (unpaired) electrons. The third-order valence-corrected chi connectivity index (χ3v) is 4.60. The lowest BCUT2D eigenvalue weighted by Gasteiger charge is -2.33. The third-order valence-electron chi connectivity index (χ3n) is 3.05. The average molecular weight is 250 g/mol. The van der Waals surface area contributed by atoms with E-state index in [0.717, 1.165) is 0 Å². The summed E-state index contributed by atoms with van der Waals surface area (Å²) in [5.74, 6) is 0.735. The number of sulfonamides is 1. The van der Waals surface area contributed by atoms with Crippen LogP contribution in [0.5, 0.6) is 0 Å². The quantitative estimate of drug-likeness (QED) is 0.716. The van der Waals surface area contributed by atoms with E-state index in [1.807, 2.05) is 34.6 Å². The van der Waals surface area contributed by atoms with E-state index < -0.39 is 15.6 Å². The SMILES string of the molecule is CC(C)CCS(=O)(=O)NC(C)(CN)C(C)C. The lowest BCUT2D eigenvalue weighted by molar-refractivity contribution is 0.314. The maximum absolute atomic E-state index is 11.8. The molecule has 0 saturated carbocycles. The van der Waals surface area contributed by atoms with Crippen LogP contribution in [-0.4, -0.2) is 26.3 Å². The normalized spacial score (nSPS) is 16.8. The summed E-state index contributed by atoms with van der Waals surface area (Å²) in [6, 6.07) is 0. The van der Waals surface area contributed by atoms with E-state index in [9.17, 15) is 8.42 Å². The van der Waals surface area contributed by atoms with Gasteiger partial charge in [0.2, 0.25) is 10.0 Å². The molecule has 0 aromatic rings. The van der Waals surface area contributed by atoms with E-state index in [0.29, 0.717) is 18.9 Å². The highest BCUT2D eigenvalue weighted by Crippen LogP contribution is 2.16. The molecule has 5 heteroatoms. The Labute approximate surface area is 100 Å². The average Bonchev–Trinajstić information content (AvgIpc) is 2.14. The van der Waals surface area contributed by atoms with Crippen molar-refractivity contribution in [3.63, 3.8) is 0 Å². The van der Waals surface area contributed by atoms with Gasteiger partial charge >= 0.3 is 0 Å². The minimum absolute atomic E-state index is 0.173. The van der Waals surface area contributed by atoms with E-state index in [1.165, 1.54) is 0 Å². The molecule has 0 rings (SSSR count). The van der Waals surface area contributed by atoms with Crippen molar-refractivity contribution in [2.75, 3.05) is 12.3 Å². The van der Waals surface area contributed by atoms with Gasteiger partial charge in [-0.05, 0) is 25.2 Å². The van der Waals surface area contributed by atoms with Gasteiger partial charge in [-0.15, -0.1) is 0 Å². The fourth-order valence-electron chi connectivity index (χ4n) is 1.19. The second-order valence-electron chi connectivity index (χ2n) is 5.38. The van der Waals surface area contributed by atoms with Gasteiger partial charge in [-0.2, -0.15) is 0 Å². The fraction of sp³-hybridized carbons (Fsp3) is 1.00. The van der Waals surface area contributed by atoms with Gasteiger partial charge in [0.05, 0.1) is 5.75 Å². The molecule has 0 heterocycles. The summed E-state index contributed by atoms with van der Waals surface area (Å²) in [4.78, 5) is 0. The lowest BCUT2D eigenvalue weighted by Crippen LogP contribution is -2.55. The van der Waals surface area contributed by atoms with Crippen LogP contribution in [-0.2, 0) is 10.0 Å². The van der Waals surface area contributed by atoms with Crippen LogP contribution in [0.3, 0.4) is 0 Å². The molecule has 0 bridgehead atoms. The van der Waals surface area contributed by atoms with Gasteiger partial charge in [-0.1, -0.05) is 27.7 Å². The highest BCUT2D eigenvalue weighted by Gasteiger charge is 2.31. The van der Waals surface area contributed by atoms with Crippen LogP contribution in [0.4, 0.5) is 0 Å². The number of hydrogen-bond acceptors (Lipinski definition) is 3. The van der Waals surface area contributed by atoms with Crippen molar-refractivity contribution < 1.29 is 8.42 Å². The first-order chi connectivity index (χ1) is 7.13. The Hall–Kier alpha value is -0.130. The lowest BCUT2D eigenvalue weighted by atomic mass is 9.90. The van der Waals surface area contributed by atoms with Crippen molar-refractivity contribution in [2.24, 2.45) is 17.6 Å². The molecule has 16 heavy (non-hydrogen) atoms. The first-order valence-electron chi connectivity index (χ1n) is 5.84. The van der Waals surface area contributed by atoms with Gasteiger partial charge in [-0.25, -0.2) is 13.1 Å². The molecule has 0 aliphatic carbocycles. The van der Waals surface area contributed by atoms with Crippen LogP contribution in [0.2, 0.25) is 0 Å². The molecule has 98 valence electrons. The molecule has 1 atom stereocenters. The minimum atomic E-state index is -3.22. The molecule has 0 aromatic carbocycles. The van der Waals surface area contributed by atoms with Crippen molar-refractivity contribution in [1.82, 2.24) is 4.72 Å². The van der Waals surface area contributed by atoms with Gasteiger partial charge in [0, 0.05) is 12.1 Å². The number of nitrogens with one attached hydrogen (secondary N) is 1. The highest BCUT2D eigenvalue weighted by molar-refractivity contribution is 7.89. The number of nitrogens with two attached hydrogens (primary N) is 1. The zero-order chi connectivity index (χ0) is 13.0. The first-order valence-corrected chi connectivity index (χ1v) is 7.50. The Morgan fingerprint density at radius 3 is 2.06 bits per heavy atom. The van der Waals surface area contributed by atoms with E-state index >= 15 is 0 Å². The van der Waals surface area contributed by atoms with Crippen molar-refractivity contribution >= 4 is 10.0 Å². The molecule has 4 nitrogen and oxygen atoms in total. The Morgan fingerprint density at radius 1 is 1.25 bits per heavy atom. The molecule has 1 unspecified atom stereocenters. The van der Waals surface area contributed by atoms with Crippen molar-refractivity contribution in [1.29, 1.82) is 0 Å². The van der Waals surface area contributed by atoms with Gasteiger partial charge in [0.15, 0.2) is 0 Å². The zero-order valence-electron chi connectivity index (χ0n) is 11.1. The summed E-state index contributed by atoms with van der Waals surface area (Å²) < 4.78 is 26.4. The summed E-state index contributed by atoms with van der Waals surface area (Å²) >= 11 is 0. The molecule has 0 aromatic heterocycles.